The molecule has 1 rings (SSSR count). The minimum Gasteiger partial charge on any atom is -0.127 e. The third-order valence-corrected chi connectivity index (χ3v) is 1.92. The summed E-state index contributed by atoms with van der Waals surface area (Å²) in [4.78, 5) is 0. The van der Waals surface area contributed by atoms with E-state index in [0.717, 1.165) is 5.88 Å². The van der Waals surface area contributed by atoms with Gasteiger partial charge >= 0.3 is 0 Å². The topological polar surface area (TPSA) is 0 Å². The molecule has 13 heavy (non-hydrogen) atoms. The minimum atomic E-state index is 0.833. The average Bonchev–Trinajstić information content (AvgIpc) is 2.22. The number of alkyl halides is 1. The highest BCUT2D eigenvalue weighted by atomic mass is 35.5. The third kappa shape index (κ3) is 11.5. The molecule has 74 valence electrons. The first-order chi connectivity index (χ1) is 6.41. The number of hydrogen-bond acceptors (Lipinski definition) is 0. The number of hydrogen-bond donors (Lipinski definition) is 0. The van der Waals surface area contributed by atoms with E-state index in [4.69, 9.17) is 11.6 Å². The largest absolute Gasteiger partial charge is 0.127 e. The van der Waals surface area contributed by atoms with Gasteiger partial charge in [-0.3, -0.25) is 0 Å². The Balaban J connectivity index is 0.000000223. The summed E-state index contributed by atoms with van der Waals surface area (Å²) < 4.78 is 0. The van der Waals surface area contributed by atoms with Gasteiger partial charge in [0.25, 0.3) is 0 Å². The summed E-state index contributed by atoms with van der Waals surface area (Å²) in [5.74, 6) is 0.833. The van der Waals surface area contributed by atoms with Gasteiger partial charge in [-0.05, 0) is 6.42 Å². The zero-order valence-electron chi connectivity index (χ0n) is 8.38. The van der Waals surface area contributed by atoms with Crippen LogP contribution in [0.4, 0.5) is 0 Å². The lowest BCUT2D eigenvalue weighted by atomic mass is 10.2. The van der Waals surface area contributed by atoms with Crippen LogP contribution < -0.4 is 0 Å². The summed E-state index contributed by atoms with van der Waals surface area (Å²) in [6.45, 7) is 2.20. The molecule has 0 bridgehead atoms. The summed E-state index contributed by atoms with van der Waals surface area (Å²) in [7, 11) is 0. The van der Waals surface area contributed by atoms with Crippen molar-refractivity contribution in [3.8, 4) is 0 Å². The molecule has 0 aromatic heterocycles. The fourth-order valence-corrected chi connectivity index (χ4v) is 1.10. The second-order valence-corrected chi connectivity index (χ2v) is 3.28. The Morgan fingerprint density at radius 2 is 1.23 bits per heavy atom. The zero-order chi connectivity index (χ0) is 9.78. The Labute approximate surface area is 86.9 Å². The first-order valence-corrected chi connectivity index (χ1v) is 5.51. The summed E-state index contributed by atoms with van der Waals surface area (Å²) in [5, 5.41) is 0. The van der Waals surface area contributed by atoms with Crippen LogP contribution in [0.5, 0.6) is 0 Å². The van der Waals surface area contributed by atoms with E-state index in [0.29, 0.717) is 0 Å². The van der Waals surface area contributed by atoms with E-state index in [9.17, 15) is 0 Å². The molecule has 0 aliphatic heterocycles. The molecule has 0 heterocycles. The van der Waals surface area contributed by atoms with Crippen LogP contribution >= 0.6 is 11.6 Å². The lowest BCUT2D eigenvalue weighted by molar-refractivity contribution is 0.705. The lowest BCUT2D eigenvalue weighted by Gasteiger charge is -1.89. The number of rotatable bonds is 4. The van der Waals surface area contributed by atoms with E-state index in [1.165, 1.54) is 25.7 Å². The second-order valence-electron chi connectivity index (χ2n) is 2.90. The monoisotopic (exact) mass is 198 g/mol. The third-order valence-electron chi connectivity index (χ3n) is 1.65. The van der Waals surface area contributed by atoms with Gasteiger partial charge in [0.05, 0.1) is 0 Å². The van der Waals surface area contributed by atoms with Gasteiger partial charge < -0.3 is 0 Å². The van der Waals surface area contributed by atoms with Crippen LogP contribution in [-0.2, 0) is 0 Å². The molecule has 0 aliphatic carbocycles. The van der Waals surface area contributed by atoms with Crippen molar-refractivity contribution in [2.24, 2.45) is 0 Å². The molecule has 1 aromatic rings. The predicted molar refractivity (Wildman–Crippen MR) is 61.3 cm³/mol. The summed E-state index contributed by atoms with van der Waals surface area (Å²) in [6.07, 6.45) is 5.14. The van der Waals surface area contributed by atoms with Crippen LogP contribution in [-0.4, -0.2) is 5.88 Å². The number of unbranched alkanes of at least 4 members (excludes halogenated alkanes) is 3. The molecule has 0 saturated heterocycles. The van der Waals surface area contributed by atoms with Gasteiger partial charge in [-0.2, -0.15) is 0 Å². The van der Waals surface area contributed by atoms with Gasteiger partial charge in [0.2, 0.25) is 0 Å². The molecule has 1 aromatic carbocycles. The Hall–Kier alpha value is -0.490. The SMILES string of the molecule is CCCCCCCl.c1ccccc1. The first-order valence-electron chi connectivity index (χ1n) is 4.97. The fraction of sp³-hybridized carbons (Fsp3) is 0.500. The Morgan fingerprint density at radius 3 is 1.54 bits per heavy atom. The molecule has 0 unspecified atom stereocenters. The van der Waals surface area contributed by atoms with E-state index in [-0.39, 0.29) is 0 Å². The molecule has 0 N–H and O–H groups in total. The zero-order valence-corrected chi connectivity index (χ0v) is 9.13. The molecule has 1 heteroatoms. The van der Waals surface area contributed by atoms with Crippen molar-refractivity contribution < 1.29 is 0 Å². The predicted octanol–water partition coefficient (Wildman–Crippen LogP) is 4.49. The van der Waals surface area contributed by atoms with Gasteiger partial charge in [-0.1, -0.05) is 62.6 Å². The maximum atomic E-state index is 5.44. The van der Waals surface area contributed by atoms with E-state index < -0.39 is 0 Å². The molecular weight excluding hydrogens is 180 g/mol. The van der Waals surface area contributed by atoms with Crippen molar-refractivity contribution in [1.29, 1.82) is 0 Å². The van der Waals surface area contributed by atoms with Crippen LogP contribution in [0, 0.1) is 0 Å². The van der Waals surface area contributed by atoms with Crippen molar-refractivity contribution in [2.75, 3.05) is 5.88 Å². The van der Waals surface area contributed by atoms with Crippen LogP contribution in [0.3, 0.4) is 0 Å². The molecule has 0 fully saturated rings. The van der Waals surface area contributed by atoms with Crippen LogP contribution in [0.2, 0.25) is 0 Å². The number of halogens is 1. The van der Waals surface area contributed by atoms with Crippen LogP contribution in [0.1, 0.15) is 32.6 Å². The van der Waals surface area contributed by atoms with Crippen molar-refractivity contribution in [3.05, 3.63) is 36.4 Å². The highest BCUT2D eigenvalue weighted by molar-refractivity contribution is 6.17. The highest BCUT2D eigenvalue weighted by Crippen LogP contribution is 1.98. The Morgan fingerprint density at radius 1 is 0.769 bits per heavy atom. The van der Waals surface area contributed by atoms with Crippen molar-refractivity contribution in [2.45, 2.75) is 32.6 Å². The maximum Gasteiger partial charge on any atom is 0.0223 e. The summed E-state index contributed by atoms with van der Waals surface area (Å²) in [5.41, 5.74) is 0. The van der Waals surface area contributed by atoms with E-state index in [1.807, 2.05) is 36.4 Å². The molecule has 0 amide bonds. The van der Waals surface area contributed by atoms with E-state index >= 15 is 0 Å². The molecule has 0 radical (unpaired) electrons. The Bertz CT molecular complexity index is 129. The first kappa shape index (κ1) is 12.5. The second kappa shape index (κ2) is 11.5. The quantitative estimate of drug-likeness (QED) is 0.494. The summed E-state index contributed by atoms with van der Waals surface area (Å²) >= 11 is 5.44. The van der Waals surface area contributed by atoms with Crippen molar-refractivity contribution >= 4 is 11.6 Å². The molecule has 0 spiro atoms. The molecule has 0 nitrogen and oxygen atoms in total. The van der Waals surface area contributed by atoms with Crippen molar-refractivity contribution in [1.82, 2.24) is 0 Å². The number of benzene rings is 1. The molecular formula is C12H19Cl. The molecule has 0 saturated carbocycles. The molecule has 0 atom stereocenters. The lowest BCUT2D eigenvalue weighted by Crippen LogP contribution is -1.74. The van der Waals surface area contributed by atoms with Crippen LogP contribution in [0.25, 0.3) is 0 Å². The Kier molecular flexibility index (Phi) is 11.1. The average molecular weight is 199 g/mol. The standard InChI is InChI=1S/C6H13Cl.C6H6/c1-2-3-4-5-6-7;1-2-4-6-5-3-1/h2-6H2,1H3;1-6H. The smallest absolute Gasteiger partial charge is 0.0223 e. The van der Waals surface area contributed by atoms with Crippen LogP contribution in [0.15, 0.2) is 36.4 Å². The molecule has 0 aliphatic rings. The fourth-order valence-electron chi connectivity index (χ4n) is 0.906. The normalized spacial score (nSPS) is 8.77. The minimum absolute atomic E-state index is 0.833. The van der Waals surface area contributed by atoms with Gasteiger partial charge in [0.15, 0.2) is 0 Å². The summed E-state index contributed by atoms with van der Waals surface area (Å²) in [6, 6.07) is 12.0. The van der Waals surface area contributed by atoms with Gasteiger partial charge in [0.1, 0.15) is 0 Å². The highest BCUT2D eigenvalue weighted by Gasteiger charge is 1.81. The van der Waals surface area contributed by atoms with Gasteiger partial charge in [-0.15, -0.1) is 11.6 Å². The van der Waals surface area contributed by atoms with E-state index in [2.05, 4.69) is 6.92 Å². The van der Waals surface area contributed by atoms with Gasteiger partial charge in [0, 0.05) is 5.88 Å². The van der Waals surface area contributed by atoms with E-state index in [1.54, 1.807) is 0 Å². The van der Waals surface area contributed by atoms with Gasteiger partial charge in [-0.25, -0.2) is 0 Å². The van der Waals surface area contributed by atoms with Crippen molar-refractivity contribution in [3.63, 3.8) is 0 Å². The maximum absolute atomic E-state index is 5.44.